The number of rotatable bonds is 8. The number of aromatic carboxylic acids is 2. The summed E-state index contributed by atoms with van der Waals surface area (Å²) in [5.74, 6) is -1.24. The van der Waals surface area contributed by atoms with Crippen LogP contribution in [0.15, 0.2) is 41.1 Å². The van der Waals surface area contributed by atoms with E-state index >= 15 is 0 Å². The van der Waals surface area contributed by atoms with E-state index in [1.807, 2.05) is 0 Å². The first kappa shape index (κ1) is 26.8. The molecule has 0 aliphatic rings. The molecule has 0 fully saturated rings. The van der Waals surface area contributed by atoms with Crippen molar-refractivity contribution >= 4 is 19.4 Å². The smallest absolute Gasteiger partial charge is 0.335 e. The summed E-state index contributed by atoms with van der Waals surface area (Å²) in [4.78, 5) is 22.2. The largest absolute Gasteiger partial charge is 0.493 e. The van der Waals surface area contributed by atoms with E-state index in [-0.39, 0.29) is 49.0 Å². The number of carboxylic acid groups (broad SMARTS) is 2. The highest BCUT2D eigenvalue weighted by Gasteiger charge is 2.23. The van der Waals surface area contributed by atoms with E-state index in [1.54, 1.807) is 6.66 Å². The quantitative estimate of drug-likeness (QED) is 0.541. The molecular formula is C20H28NO8P. The Bertz CT molecular complexity index is 886. The number of benzene rings is 2. The Hall–Kier alpha value is -3.19. The first-order valence-corrected chi connectivity index (χ1v) is 9.95. The van der Waals surface area contributed by atoms with Gasteiger partial charge in [-0.15, -0.1) is 0 Å². The molecule has 10 heteroatoms. The first-order valence-electron chi connectivity index (χ1n) is 7.92. The highest BCUT2D eigenvalue weighted by Crippen LogP contribution is 2.51. The van der Waals surface area contributed by atoms with Crippen LogP contribution in [0.2, 0.25) is 0 Å². The van der Waals surface area contributed by atoms with Gasteiger partial charge in [-0.05, 0) is 36.4 Å². The van der Waals surface area contributed by atoms with Crippen molar-refractivity contribution in [3.05, 3.63) is 47.5 Å². The van der Waals surface area contributed by atoms with Gasteiger partial charge in [0.05, 0.1) is 25.3 Å². The highest BCUT2D eigenvalue weighted by atomic mass is 31.2. The molecule has 0 aliphatic heterocycles. The normalized spacial score (nSPS) is 10.0. The van der Waals surface area contributed by atoms with Crippen molar-refractivity contribution < 1.29 is 38.3 Å². The van der Waals surface area contributed by atoms with Gasteiger partial charge in [0, 0.05) is 13.7 Å². The van der Waals surface area contributed by atoms with Gasteiger partial charge in [-0.1, -0.05) is 14.9 Å². The number of carbonyl (C=O) groups is 2. The molecule has 0 amide bonds. The molecule has 0 unspecified atom stereocenters. The van der Waals surface area contributed by atoms with Crippen molar-refractivity contribution in [2.45, 2.75) is 14.9 Å². The van der Waals surface area contributed by atoms with E-state index in [9.17, 15) is 9.59 Å². The molecule has 0 radical (unpaired) electrons. The van der Waals surface area contributed by atoms with Crippen LogP contribution in [0, 0.1) is 0 Å². The molecule has 0 atom stereocenters. The summed E-state index contributed by atoms with van der Waals surface area (Å²) in [7, 11) is 1.42. The molecule has 0 spiro atoms. The molecular weight excluding hydrogens is 413 g/mol. The van der Waals surface area contributed by atoms with Crippen LogP contribution < -0.4 is 18.5 Å². The molecule has 2 rings (SSSR count). The third kappa shape index (κ3) is 6.15. The fourth-order valence-electron chi connectivity index (χ4n) is 2.22. The molecule has 2 aromatic carbocycles. The SMILES string of the molecule is C.C.CN=P(C)(Oc1ccc(C(=O)O)cc1OC)Oc1ccc(C(=O)O)cc1OC. The number of hydrogen-bond acceptors (Lipinski definition) is 7. The maximum atomic E-state index is 11.1. The lowest BCUT2D eigenvalue weighted by Gasteiger charge is -2.23. The zero-order valence-corrected chi connectivity index (χ0v) is 16.6. The second-order valence-corrected chi connectivity index (χ2v) is 7.90. The Morgan fingerprint density at radius 3 is 1.43 bits per heavy atom. The molecule has 0 aromatic heterocycles. The topological polar surface area (TPSA) is 124 Å². The van der Waals surface area contributed by atoms with E-state index in [1.165, 1.54) is 57.7 Å². The molecule has 0 bridgehead atoms. The van der Waals surface area contributed by atoms with Gasteiger partial charge < -0.3 is 28.7 Å². The maximum absolute atomic E-state index is 11.1. The maximum Gasteiger partial charge on any atom is 0.335 e. The van der Waals surface area contributed by atoms with Crippen LogP contribution in [0.3, 0.4) is 0 Å². The van der Waals surface area contributed by atoms with Crippen molar-refractivity contribution in [2.75, 3.05) is 27.9 Å². The van der Waals surface area contributed by atoms with Gasteiger partial charge in [0.2, 0.25) is 0 Å². The average Bonchev–Trinajstić information content (AvgIpc) is 2.68. The lowest BCUT2D eigenvalue weighted by molar-refractivity contribution is 0.0685. The molecule has 0 saturated carbocycles. The summed E-state index contributed by atoms with van der Waals surface area (Å²) < 4.78 is 26.5. The van der Waals surface area contributed by atoms with Gasteiger partial charge in [-0.3, -0.25) is 0 Å². The van der Waals surface area contributed by atoms with Crippen LogP contribution in [0.25, 0.3) is 0 Å². The number of hydrogen-bond donors (Lipinski definition) is 2. The monoisotopic (exact) mass is 441 g/mol. The fourth-order valence-corrected chi connectivity index (χ4v) is 3.45. The molecule has 30 heavy (non-hydrogen) atoms. The summed E-state index contributed by atoms with van der Waals surface area (Å²) in [6, 6.07) is 8.34. The Morgan fingerprint density at radius 1 is 0.800 bits per heavy atom. The summed E-state index contributed by atoms with van der Waals surface area (Å²) in [6.45, 7) is 1.64. The second kappa shape index (κ2) is 11.1. The second-order valence-electron chi connectivity index (χ2n) is 5.53. The Labute approximate surface area is 176 Å². The molecule has 2 aromatic rings. The summed E-state index contributed by atoms with van der Waals surface area (Å²) >= 11 is 0. The van der Waals surface area contributed by atoms with Gasteiger partial charge in [0.1, 0.15) is 0 Å². The first-order chi connectivity index (χ1) is 13.2. The van der Waals surface area contributed by atoms with Crippen LogP contribution >= 0.6 is 7.51 Å². The lowest BCUT2D eigenvalue weighted by Crippen LogP contribution is -2.04. The van der Waals surface area contributed by atoms with Crippen molar-refractivity contribution in [1.29, 1.82) is 0 Å². The predicted octanol–water partition coefficient (Wildman–Crippen LogP) is 5.12. The third-order valence-corrected chi connectivity index (χ3v) is 5.52. The summed E-state index contributed by atoms with van der Waals surface area (Å²) in [5, 5.41) is 18.2. The van der Waals surface area contributed by atoms with Gasteiger partial charge in [-0.25, -0.2) is 14.3 Å². The van der Waals surface area contributed by atoms with Crippen molar-refractivity contribution in [2.24, 2.45) is 4.74 Å². The average molecular weight is 441 g/mol. The van der Waals surface area contributed by atoms with Crippen molar-refractivity contribution in [3.63, 3.8) is 0 Å². The zero-order chi connectivity index (χ0) is 20.9. The Balaban J connectivity index is 0.00000420. The lowest BCUT2D eigenvalue weighted by atomic mass is 10.2. The van der Waals surface area contributed by atoms with Crippen LogP contribution in [0.5, 0.6) is 23.0 Å². The van der Waals surface area contributed by atoms with E-state index in [2.05, 4.69) is 4.74 Å². The fraction of sp³-hybridized carbons (Fsp3) is 0.300. The standard InChI is InChI=1S/C18H20NO8P.2CH4/c1-19-28(4,26-13-7-5-11(17(20)21)9-15(13)24-2)27-14-8-6-12(18(22)23)10-16(14)25-3;;/h5-10H,1-4H3,(H,20,21)(H,22,23);2*1H4. The van der Waals surface area contributed by atoms with Crippen molar-refractivity contribution in [1.82, 2.24) is 0 Å². The predicted molar refractivity (Wildman–Crippen MR) is 116 cm³/mol. The van der Waals surface area contributed by atoms with Crippen LogP contribution in [0.1, 0.15) is 35.6 Å². The highest BCUT2D eigenvalue weighted by molar-refractivity contribution is 7.56. The number of methoxy groups -OCH3 is 2. The molecule has 166 valence electrons. The molecule has 0 saturated heterocycles. The van der Waals surface area contributed by atoms with Gasteiger partial charge in [0.25, 0.3) is 0 Å². The molecule has 9 nitrogen and oxygen atoms in total. The van der Waals surface area contributed by atoms with Crippen LogP contribution in [0.4, 0.5) is 0 Å². The minimum Gasteiger partial charge on any atom is -0.493 e. The third-order valence-electron chi connectivity index (χ3n) is 3.72. The zero-order valence-electron chi connectivity index (χ0n) is 15.7. The Morgan fingerprint density at radius 2 is 1.17 bits per heavy atom. The van der Waals surface area contributed by atoms with Crippen LogP contribution in [-0.4, -0.2) is 50.1 Å². The van der Waals surface area contributed by atoms with E-state index in [0.717, 1.165) is 0 Å². The summed E-state index contributed by atoms with van der Waals surface area (Å²) in [5.41, 5.74) is 0.0917. The van der Waals surface area contributed by atoms with E-state index < -0.39 is 19.4 Å². The van der Waals surface area contributed by atoms with Crippen molar-refractivity contribution in [3.8, 4) is 23.0 Å². The minimum absolute atomic E-state index is 0. The van der Waals surface area contributed by atoms with Gasteiger partial charge in [0.15, 0.2) is 23.0 Å². The molecule has 0 aliphatic carbocycles. The van der Waals surface area contributed by atoms with Gasteiger partial charge in [-0.2, -0.15) is 0 Å². The molecule has 0 heterocycles. The number of nitrogens with zero attached hydrogens (tertiary/aromatic N) is 1. The van der Waals surface area contributed by atoms with Crippen LogP contribution in [-0.2, 0) is 0 Å². The number of carboxylic acids is 2. The summed E-state index contributed by atoms with van der Waals surface area (Å²) in [6.07, 6.45) is 0. The Kier molecular flexibility index (Phi) is 9.93. The minimum atomic E-state index is -2.88. The van der Waals surface area contributed by atoms with Gasteiger partial charge >= 0.3 is 19.4 Å². The van der Waals surface area contributed by atoms with E-state index in [0.29, 0.717) is 0 Å². The molecule has 2 N–H and O–H groups in total. The van der Waals surface area contributed by atoms with E-state index in [4.69, 9.17) is 28.7 Å². The number of ether oxygens (including phenoxy) is 2.